The van der Waals surface area contributed by atoms with Gasteiger partial charge in [-0.05, 0) is 30.7 Å². The van der Waals surface area contributed by atoms with E-state index < -0.39 is 0 Å². The van der Waals surface area contributed by atoms with E-state index >= 15 is 0 Å². The van der Waals surface area contributed by atoms with Crippen LogP contribution in [0, 0.1) is 0 Å². The van der Waals surface area contributed by atoms with E-state index in [1.165, 1.54) is 7.11 Å². The van der Waals surface area contributed by atoms with Crippen LogP contribution in [-0.2, 0) is 16.1 Å². The number of hydrogen-bond donors (Lipinski definition) is 2. The zero-order chi connectivity index (χ0) is 18.1. The van der Waals surface area contributed by atoms with Crippen molar-refractivity contribution in [3.63, 3.8) is 0 Å². The number of carbonyl (C=O) groups excluding carboxylic acids is 2. The molecule has 0 saturated carbocycles. The molecule has 6 nitrogen and oxygen atoms in total. The van der Waals surface area contributed by atoms with Crippen LogP contribution in [0.4, 0.5) is 16.2 Å². The van der Waals surface area contributed by atoms with Gasteiger partial charge < -0.3 is 20.3 Å². The second kappa shape index (κ2) is 9.44. The fourth-order valence-corrected chi connectivity index (χ4v) is 2.34. The number of nitrogens with one attached hydrogen (secondary N) is 2. The van der Waals surface area contributed by atoms with Gasteiger partial charge in [0.25, 0.3) is 0 Å². The molecule has 2 rings (SSSR count). The number of carbonyl (C=O) groups is 2. The Morgan fingerprint density at radius 2 is 1.68 bits per heavy atom. The Bertz CT molecular complexity index is 704. The van der Waals surface area contributed by atoms with Crippen molar-refractivity contribution in [3.05, 3.63) is 60.2 Å². The lowest BCUT2D eigenvalue weighted by Gasteiger charge is -2.21. The molecular weight excluding hydrogens is 318 g/mol. The number of hydrogen-bond acceptors (Lipinski definition) is 3. The Morgan fingerprint density at radius 3 is 2.32 bits per heavy atom. The Morgan fingerprint density at radius 1 is 1.00 bits per heavy atom. The standard InChI is InChI=1S/C19H23N3O3/c1-3-22(13-15-8-5-4-6-9-15)19(24)21-17-11-7-10-16(12-17)20-18(23)14-25-2/h4-12H,3,13-14H2,1-2H3,(H,20,23)(H,21,24). The van der Waals surface area contributed by atoms with Crippen LogP contribution in [0.3, 0.4) is 0 Å². The summed E-state index contributed by atoms with van der Waals surface area (Å²) in [7, 11) is 1.46. The number of ether oxygens (including phenoxy) is 1. The molecule has 0 saturated heterocycles. The molecule has 0 aliphatic heterocycles. The van der Waals surface area contributed by atoms with Crippen LogP contribution in [0.1, 0.15) is 12.5 Å². The van der Waals surface area contributed by atoms with E-state index in [2.05, 4.69) is 10.6 Å². The third-order valence-electron chi connectivity index (χ3n) is 3.56. The summed E-state index contributed by atoms with van der Waals surface area (Å²) in [4.78, 5) is 25.8. The Labute approximate surface area is 147 Å². The van der Waals surface area contributed by atoms with Crippen molar-refractivity contribution >= 4 is 23.3 Å². The smallest absolute Gasteiger partial charge is 0.322 e. The van der Waals surface area contributed by atoms with Gasteiger partial charge in [-0.2, -0.15) is 0 Å². The molecule has 0 heterocycles. The maximum absolute atomic E-state index is 12.5. The van der Waals surface area contributed by atoms with Gasteiger partial charge >= 0.3 is 6.03 Å². The zero-order valence-electron chi connectivity index (χ0n) is 14.5. The largest absolute Gasteiger partial charge is 0.375 e. The van der Waals surface area contributed by atoms with E-state index in [0.717, 1.165) is 5.56 Å². The molecule has 6 heteroatoms. The van der Waals surface area contributed by atoms with Crippen molar-refractivity contribution in [2.45, 2.75) is 13.5 Å². The van der Waals surface area contributed by atoms with E-state index in [-0.39, 0.29) is 18.5 Å². The molecule has 0 bridgehead atoms. The van der Waals surface area contributed by atoms with Crippen molar-refractivity contribution in [1.29, 1.82) is 0 Å². The fraction of sp³-hybridized carbons (Fsp3) is 0.263. The Kier molecular flexibility index (Phi) is 6.98. The fourth-order valence-electron chi connectivity index (χ4n) is 2.34. The van der Waals surface area contributed by atoms with Crippen LogP contribution in [0.25, 0.3) is 0 Å². The van der Waals surface area contributed by atoms with Crippen LogP contribution in [0.2, 0.25) is 0 Å². The molecule has 0 aromatic heterocycles. The van der Waals surface area contributed by atoms with Gasteiger partial charge in [-0.25, -0.2) is 4.79 Å². The molecule has 0 spiro atoms. The van der Waals surface area contributed by atoms with Gasteiger partial charge in [0.2, 0.25) is 5.91 Å². The number of nitrogens with zero attached hydrogens (tertiary/aromatic N) is 1. The molecule has 0 atom stereocenters. The average Bonchev–Trinajstić information content (AvgIpc) is 2.61. The van der Waals surface area contributed by atoms with Gasteiger partial charge in [-0.3, -0.25) is 4.79 Å². The summed E-state index contributed by atoms with van der Waals surface area (Å²) in [5.74, 6) is -0.245. The minimum absolute atomic E-state index is 0.0166. The van der Waals surface area contributed by atoms with Gasteiger partial charge in [0.15, 0.2) is 0 Å². The lowest BCUT2D eigenvalue weighted by Crippen LogP contribution is -2.34. The van der Waals surface area contributed by atoms with Gasteiger partial charge in [0.05, 0.1) is 0 Å². The summed E-state index contributed by atoms with van der Waals surface area (Å²) < 4.78 is 4.78. The summed E-state index contributed by atoms with van der Waals surface area (Å²) in [5.41, 5.74) is 2.29. The minimum Gasteiger partial charge on any atom is -0.375 e. The molecule has 0 radical (unpaired) electrons. The predicted molar refractivity (Wildman–Crippen MR) is 98.5 cm³/mol. The number of rotatable bonds is 7. The van der Waals surface area contributed by atoms with Crippen LogP contribution < -0.4 is 10.6 Å². The minimum atomic E-state index is -0.245. The number of urea groups is 1. The van der Waals surface area contributed by atoms with E-state index in [0.29, 0.717) is 24.5 Å². The zero-order valence-corrected chi connectivity index (χ0v) is 14.5. The summed E-state index contributed by atoms with van der Waals surface area (Å²) in [6.07, 6.45) is 0. The molecule has 2 N–H and O–H groups in total. The lowest BCUT2D eigenvalue weighted by molar-refractivity contribution is -0.119. The quantitative estimate of drug-likeness (QED) is 0.811. The van der Waals surface area contributed by atoms with Crippen LogP contribution >= 0.6 is 0 Å². The molecular formula is C19H23N3O3. The molecule has 25 heavy (non-hydrogen) atoms. The molecule has 0 unspecified atom stereocenters. The molecule has 0 fully saturated rings. The van der Waals surface area contributed by atoms with Gasteiger partial charge in [-0.15, -0.1) is 0 Å². The molecule has 2 aromatic carbocycles. The highest BCUT2D eigenvalue weighted by Crippen LogP contribution is 2.16. The Balaban J connectivity index is 1.99. The second-order valence-electron chi connectivity index (χ2n) is 5.49. The first-order valence-electron chi connectivity index (χ1n) is 8.11. The molecule has 132 valence electrons. The van der Waals surface area contributed by atoms with E-state index in [1.807, 2.05) is 37.3 Å². The Hall–Kier alpha value is -2.86. The summed E-state index contributed by atoms with van der Waals surface area (Å²) in [6.45, 7) is 3.04. The van der Waals surface area contributed by atoms with Crippen LogP contribution in [0.15, 0.2) is 54.6 Å². The van der Waals surface area contributed by atoms with Crippen molar-refractivity contribution in [1.82, 2.24) is 4.90 Å². The summed E-state index contributed by atoms with van der Waals surface area (Å²) in [6, 6.07) is 16.7. The van der Waals surface area contributed by atoms with E-state index in [9.17, 15) is 9.59 Å². The molecule has 0 aliphatic rings. The third kappa shape index (κ3) is 5.93. The highest BCUT2D eigenvalue weighted by Gasteiger charge is 2.12. The van der Waals surface area contributed by atoms with E-state index in [1.54, 1.807) is 29.2 Å². The maximum atomic E-state index is 12.5. The van der Waals surface area contributed by atoms with Crippen LogP contribution in [0.5, 0.6) is 0 Å². The first-order valence-corrected chi connectivity index (χ1v) is 8.11. The second-order valence-corrected chi connectivity index (χ2v) is 5.49. The summed E-state index contributed by atoms with van der Waals surface area (Å²) in [5, 5.41) is 5.57. The number of amides is 3. The highest BCUT2D eigenvalue weighted by atomic mass is 16.5. The van der Waals surface area contributed by atoms with Gasteiger partial charge in [-0.1, -0.05) is 36.4 Å². The highest BCUT2D eigenvalue weighted by molar-refractivity contribution is 5.94. The number of methoxy groups -OCH3 is 1. The lowest BCUT2D eigenvalue weighted by atomic mass is 10.2. The normalized spacial score (nSPS) is 10.2. The SMILES string of the molecule is CCN(Cc1ccccc1)C(=O)Nc1cccc(NC(=O)COC)c1. The molecule has 2 aromatic rings. The first kappa shape index (κ1) is 18.5. The number of anilines is 2. The van der Waals surface area contributed by atoms with Crippen molar-refractivity contribution in [2.75, 3.05) is 30.9 Å². The van der Waals surface area contributed by atoms with E-state index in [4.69, 9.17) is 4.74 Å². The van der Waals surface area contributed by atoms with Gasteiger partial charge in [0.1, 0.15) is 6.61 Å². The maximum Gasteiger partial charge on any atom is 0.322 e. The van der Waals surface area contributed by atoms with Crippen molar-refractivity contribution in [2.24, 2.45) is 0 Å². The molecule has 0 aliphatic carbocycles. The monoisotopic (exact) mass is 341 g/mol. The number of benzene rings is 2. The van der Waals surface area contributed by atoms with Crippen molar-refractivity contribution in [3.8, 4) is 0 Å². The molecule has 3 amide bonds. The topological polar surface area (TPSA) is 70.7 Å². The average molecular weight is 341 g/mol. The van der Waals surface area contributed by atoms with Crippen LogP contribution in [-0.4, -0.2) is 37.1 Å². The predicted octanol–water partition coefficient (Wildman–Crippen LogP) is 3.33. The summed E-state index contributed by atoms with van der Waals surface area (Å²) >= 11 is 0. The van der Waals surface area contributed by atoms with Gasteiger partial charge in [0, 0.05) is 31.6 Å². The third-order valence-corrected chi connectivity index (χ3v) is 3.56. The first-order chi connectivity index (χ1) is 12.1. The van der Waals surface area contributed by atoms with Crippen molar-refractivity contribution < 1.29 is 14.3 Å².